The predicted molar refractivity (Wildman–Crippen MR) is 164 cm³/mol. The Morgan fingerprint density at radius 1 is 1.05 bits per heavy atom. The van der Waals surface area contributed by atoms with Gasteiger partial charge in [-0.2, -0.15) is 8.42 Å². The first-order valence-electron chi connectivity index (χ1n) is 14.3. The average molecular weight is 613 g/mol. The first-order chi connectivity index (χ1) is 20.4. The van der Waals surface area contributed by atoms with Crippen LogP contribution in [0.2, 0.25) is 0 Å². The number of pyridine rings is 3. The van der Waals surface area contributed by atoms with Gasteiger partial charge in [-0.25, -0.2) is 19.7 Å². The van der Waals surface area contributed by atoms with Crippen molar-refractivity contribution in [1.82, 2.24) is 19.7 Å². The molecule has 0 saturated carbocycles. The van der Waals surface area contributed by atoms with Gasteiger partial charge in [-0.3, -0.25) is 4.79 Å². The van der Waals surface area contributed by atoms with Gasteiger partial charge >= 0.3 is 0 Å². The Morgan fingerprint density at radius 2 is 1.79 bits per heavy atom. The fourth-order valence-corrected chi connectivity index (χ4v) is 6.10. The van der Waals surface area contributed by atoms with Gasteiger partial charge in [0, 0.05) is 24.8 Å². The number of rotatable bonds is 13. The van der Waals surface area contributed by atoms with Gasteiger partial charge in [0.15, 0.2) is 5.03 Å². The van der Waals surface area contributed by atoms with E-state index in [2.05, 4.69) is 35.5 Å². The summed E-state index contributed by atoms with van der Waals surface area (Å²) in [4.78, 5) is 28.9. The third-order valence-electron chi connectivity index (χ3n) is 6.96. The largest absolute Gasteiger partial charge is 0.475 e. The van der Waals surface area contributed by atoms with Crippen LogP contribution < -0.4 is 20.1 Å². The smallest absolute Gasteiger partial charge is 0.281 e. The Kier molecular flexibility index (Phi) is 10.2. The van der Waals surface area contributed by atoms with Crippen LogP contribution in [0.1, 0.15) is 50.0 Å². The molecule has 1 aliphatic heterocycles. The second-order valence-electron chi connectivity index (χ2n) is 11.2. The molecule has 0 bridgehead atoms. The minimum atomic E-state index is -4.28. The molecular weight excluding hydrogens is 572 g/mol. The predicted octanol–water partition coefficient (Wildman–Crippen LogP) is 3.60. The van der Waals surface area contributed by atoms with Crippen LogP contribution in [0, 0.1) is 12.8 Å². The van der Waals surface area contributed by atoms with Crippen LogP contribution in [0.25, 0.3) is 11.4 Å². The van der Waals surface area contributed by atoms with E-state index >= 15 is 0 Å². The summed E-state index contributed by atoms with van der Waals surface area (Å²) in [5, 5.41) is -0.349. The number of carbonyl (C=O) groups is 1. The summed E-state index contributed by atoms with van der Waals surface area (Å²) >= 11 is 0. The minimum absolute atomic E-state index is 0.0259. The maximum atomic E-state index is 13.5. The maximum Gasteiger partial charge on any atom is 0.281 e. The van der Waals surface area contributed by atoms with E-state index in [-0.39, 0.29) is 21.9 Å². The van der Waals surface area contributed by atoms with E-state index in [0.717, 1.165) is 12.0 Å². The van der Waals surface area contributed by atoms with Crippen molar-refractivity contribution in [2.24, 2.45) is 5.92 Å². The van der Waals surface area contributed by atoms with Crippen LogP contribution in [-0.4, -0.2) is 74.4 Å². The molecular formula is C30H40N6O6S. The molecule has 13 heteroatoms. The Labute approximate surface area is 253 Å². The highest BCUT2D eigenvalue weighted by atomic mass is 32.2. The fraction of sp³-hybridized carbons (Fsp3) is 0.467. The van der Waals surface area contributed by atoms with E-state index in [1.807, 2.05) is 30.9 Å². The van der Waals surface area contributed by atoms with Crippen LogP contribution >= 0.6 is 0 Å². The molecule has 1 saturated heterocycles. The molecule has 0 radical (unpaired) electrons. The first-order valence-corrected chi connectivity index (χ1v) is 15.7. The van der Waals surface area contributed by atoms with Gasteiger partial charge in [0.2, 0.25) is 5.88 Å². The highest BCUT2D eigenvalue weighted by molar-refractivity contribution is 7.90. The zero-order chi connectivity index (χ0) is 31.2. The van der Waals surface area contributed by atoms with E-state index in [1.54, 1.807) is 12.1 Å². The number of ether oxygens (including phenoxy) is 3. The minimum Gasteiger partial charge on any atom is -0.475 e. The summed E-state index contributed by atoms with van der Waals surface area (Å²) in [6.45, 7) is 13.2. The number of hydrogen-bond acceptors (Lipinski definition) is 11. The zero-order valence-corrected chi connectivity index (χ0v) is 26.1. The number of anilines is 2. The zero-order valence-electron chi connectivity index (χ0n) is 25.3. The van der Waals surface area contributed by atoms with Gasteiger partial charge in [-0.1, -0.05) is 13.0 Å². The average Bonchev–Trinajstić information content (AvgIpc) is 3.23. The van der Waals surface area contributed by atoms with Crippen molar-refractivity contribution in [3.05, 3.63) is 53.6 Å². The highest BCUT2D eigenvalue weighted by Crippen LogP contribution is 2.38. The van der Waals surface area contributed by atoms with Gasteiger partial charge < -0.3 is 24.8 Å². The van der Waals surface area contributed by atoms with Gasteiger partial charge in [0.1, 0.15) is 18.2 Å². The number of aryl methyl sites for hydroxylation is 1. The van der Waals surface area contributed by atoms with Crippen LogP contribution in [0.4, 0.5) is 11.6 Å². The molecule has 4 heterocycles. The van der Waals surface area contributed by atoms with Crippen molar-refractivity contribution in [2.75, 3.05) is 50.2 Å². The van der Waals surface area contributed by atoms with Crippen molar-refractivity contribution >= 4 is 27.6 Å². The van der Waals surface area contributed by atoms with E-state index in [4.69, 9.17) is 24.9 Å². The molecule has 0 spiro atoms. The lowest BCUT2D eigenvalue weighted by molar-refractivity contribution is 0.0399. The fourth-order valence-electron chi connectivity index (χ4n) is 5.15. The van der Waals surface area contributed by atoms with E-state index < -0.39 is 15.9 Å². The normalized spacial score (nSPS) is 16.3. The Bertz CT molecular complexity index is 1550. The molecule has 0 aliphatic carbocycles. The van der Waals surface area contributed by atoms with Crippen LogP contribution in [0.3, 0.4) is 0 Å². The monoisotopic (exact) mass is 612 g/mol. The topological polar surface area (TPSA) is 159 Å². The van der Waals surface area contributed by atoms with Crippen molar-refractivity contribution < 1.29 is 27.4 Å². The Morgan fingerprint density at radius 3 is 2.49 bits per heavy atom. The standard InChI is InChI=1S/C30H40N6O6S/c1-6-40-12-13-41-14-15-42-26-17-20(2)16-24(32-26)23-11-10-22(28(33-23)36-19-21(3)18-30(36,4)5)29(37)35-43(38,39)27-9-7-8-25(31)34-27/h7-11,16-17,21H,6,12-15,18-19H2,1-5H3,(H2,31,34)(H,35,37)/t21-/m0/s1. The number of nitrogens with one attached hydrogen (secondary N) is 1. The Hall–Kier alpha value is -3.81. The van der Waals surface area contributed by atoms with Gasteiger partial charge in [-0.15, -0.1) is 0 Å². The molecule has 0 unspecified atom stereocenters. The van der Waals surface area contributed by atoms with Crippen molar-refractivity contribution in [3.63, 3.8) is 0 Å². The molecule has 1 aliphatic rings. The molecule has 3 N–H and O–H groups in total. The maximum absolute atomic E-state index is 13.5. The number of nitrogen functional groups attached to an aromatic ring is 1. The van der Waals surface area contributed by atoms with E-state index in [0.29, 0.717) is 68.6 Å². The molecule has 1 fully saturated rings. The summed E-state index contributed by atoms with van der Waals surface area (Å²) in [5.41, 5.74) is 7.44. The summed E-state index contributed by atoms with van der Waals surface area (Å²) in [6, 6.07) is 11.1. The highest BCUT2D eigenvalue weighted by Gasteiger charge is 2.39. The summed E-state index contributed by atoms with van der Waals surface area (Å²) in [7, 11) is -4.28. The molecule has 1 atom stereocenters. The van der Waals surface area contributed by atoms with Crippen molar-refractivity contribution in [2.45, 2.75) is 51.6 Å². The lowest BCUT2D eigenvalue weighted by Gasteiger charge is -2.34. The first kappa shape index (κ1) is 32.1. The molecule has 4 rings (SSSR count). The van der Waals surface area contributed by atoms with Gasteiger partial charge in [0.05, 0.1) is 36.8 Å². The lowest BCUT2D eigenvalue weighted by atomic mass is 9.97. The molecule has 0 aromatic carbocycles. The van der Waals surface area contributed by atoms with E-state index in [9.17, 15) is 13.2 Å². The number of hydrogen-bond donors (Lipinski definition) is 2. The van der Waals surface area contributed by atoms with E-state index in [1.165, 1.54) is 18.2 Å². The van der Waals surface area contributed by atoms with Crippen LogP contribution in [0.5, 0.6) is 5.88 Å². The second kappa shape index (κ2) is 13.7. The number of amides is 1. The summed E-state index contributed by atoms with van der Waals surface area (Å²) in [5.74, 6) is 0.333. The number of sulfonamides is 1. The third-order valence-corrected chi connectivity index (χ3v) is 8.19. The SMILES string of the molecule is CCOCCOCCOc1cc(C)cc(-c2ccc(C(=O)NS(=O)(=O)c3cccc(N)n3)c(N3C[C@@H](C)CC3(C)C)n2)n1. The quantitative estimate of drug-likeness (QED) is 0.272. The third kappa shape index (κ3) is 8.18. The molecule has 43 heavy (non-hydrogen) atoms. The molecule has 232 valence electrons. The number of nitrogens with zero attached hydrogens (tertiary/aromatic N) is 4. The van der Waals surface area contributed by atoms with Gasteiger partial charge in [-0.05, 0) is 75.9 Å². The molecule has 3 aromatic rings. The summed E-state index contributed by atoms with van der Waals surface area (Å²) in [6.07, 6.45) is 0.874. The van der Waals surface area contributed by atoms with Crippen LogP contribution in [-0.2, 0) is 19.5 Å². The molecule has 1 amide bonds. The van der Waals surface area contributed by atoms with Crippen LogP contribution in [0.15, 0.2) is 47.5 Å². The summed E-state index contributed by atoms with van der Waals surface area (Å²) < 4.78 is 44.7. The second-order valence-corrected chi connectivity index (χ2v) is 12.8. The number of aromatic nitrogens is 3. The van der Waals surface area contributed by atoms with Gasteiger partial charge in [0.25, 0.3) is 15.9 Å². The molecule has 3 aromatic heterocycles. The number of carbonyl (C=O) groups excluding carboxylic acids is 1. The lowest BCUT2D eigenvalue weighted by Crippen LogP contribution is -2.41. The Balaban J connectivity index is 1.63. The van der Waals surface area contributed by atoms with Crippen molar-refractivity contribution in [1.29, 1.82) is 0 Å². The van der Waals surface area contributed by atoms with Crippen molar-refractivity contribution in [3.8, 4) is 17.3 Å². The molecule has 12 nitrogen and oxygen atoms in total. The number of nitrogens with two attached hydrogens (primary N) is 1.